The zero-order valence-corrected chi connectivity index (χ0v) is 16.9. The second-order valence-corrected chi connectivity index (χ2v) is 7.74. The fourth-order valence-corrected chi connectivity index (χ4v) is 4.16. The van der Waals surface area contributed by atoms with Crippen molar-refractivity contribution in [1.29, 1.82) is 0 Å². The number of nitrogens with zero attached hydrogens (tertiary/aromatic N) is 2. The summed E-state index contributed by atoms with van der Waals surface area (Å²) in [5.74, 6) is 1.25. The Labute approximate surface area is 168 Å². The molecule has 0 spiro atoms. The number of hydrogen-bond acceptors (Lipinski definition) is 4. The maximum atomic E-state index is 13.1. The van der Waals surface area contributed by atoms with E-state index < -0.39 is 0 Å². The van der Waals surface area contributed by atoms with Crippen molar-refractivity contribution in [3.63, 3.8) is 0 Å². The minimum Gasteiger partial charge on any atom is -0.493 e. The van der Waals surface area contributed by atoms with Gasteiger partial charge in [0.15, 0.2) is 0 Å². The number of para-hydroxylation sites is 1. The minimum absolute atomic E-state index is 0.0526. The molecule has 1 aromatic rings. The highest BCUT2D eigenvalue weighted by Crippen LogP contribution is 2.23. The fraction of sp³-hybridized carbons (Fsp3) is 0.636. The predicted molar refractivity (Wildman–Crippen MR) is 109 cm³/mol. The topological polar surface area (TPSA) is 61.9 Å². The Morgan fingerprint density at radius 3 is 2.57 bits per heavy atom. The van der Waals surface area contributed by atoms with Gasteiger partial charge in [-0.1, -0.05) is 25.1 Å². The van der Waals surface area contributed by atoms with Crippen molar-refractivity contribution >= 4 is 11.8 Å². The first-order valence-electron chi connectivity index (χ1n) is 10.7. The summed E-state index contributed by atoms with van der Waals surface area (Å²) in [6.45, 7) is 6.59. The molecule has 1 atom stereocenters. The third kappa shape index (κ3) is 5.47. The van der Waals surface area contributed by atoms with Gasteiger partial charge in [0.05, 0.1) is 13.0 Å². The lowest BCUT2D eigenvalue weighted by Gasteiger charge is -2.36. The molecule has 2 saturated heterocycles. The SMILES string of the molecule is CCCN(C(=O)C1CCN(C(=O)CCOc2ccccc2)CC1)C1CCNC1. The Morgan fingerprint density at radius 2 is 1.93 bits per heavy atom. The highest BCUT2D eigenvalue weighted by molar-refractivity contribution is 5.80. The molecule has 2 heterocycles. The summed E-state index contributed by atoms with van der Waals surface area (Å²) in [6, 6.07) is 9.90. The Bertz CT molecular complexity index is 623. The lowest BCUT2D eigenvalue weighted by Crippen LogP contribution is -2.48. The lowest BCUT2D eigenvalue weighted by atomic mass is 9.94. The number of rotatable bonds is 8. The summed E-state index contributed by atoms with van der Waals surface area (Å²) < 4.78 is 5.63. The van der Waals surface area contributed by atoms with Crippen LogP contribution >= 0.6 is 0 Å². The molecule has 2 amide bonds. The number of hydrogen-bond donors (Lipinski definition) is 1. The lowest BCUT2D eigenvalue weighted by molar-refractivity contribution is -0.142. The van der Waals surface area contributed by atoms with E-state index in [4.69, 9.17) is 4.74 Å². The van der Waals surface area contributed by atoms with Crippen LogP contribution in [0.15, 0.2) is 30.3 Å². The molecular weight excluding hydrogens is 354 g/mol. The number of likely N-dealkylation sites (tertiary alicyclic amines) is 1. The maximum Gasteiger partial charge on any atom is 0.226 e. The van der Waals surface area contributed by atoms with Crippen LogP contribution in [0.1, 0.15) is 39.0 Å². The van der Waals surface area contributed by atoms with Crippen molar-refractivity contribution < 1.29 is 14.3 Å². The molecule has 154 valence electrons. The van der Waals surface area contributed by atoms with Crippen LogP contribution in [0, 0.1) is 5.92 Å². The van der Waals surface area contributed by atoms with Crippen LogP contribution in [-0.4, -0.2) is 67.0 Å². The van der Waals surface area contributed by atoms with Crippen LogP contribution in [0.2, 0.25) is 0 Å². The average molecular weight is 388 g/mol. The van der Waals surface area contributed by atoms with E-state index in [1.165, 1.54) is 0 Å². The van der Waals surface area contributed by atoms with Gasteiger partial charge in [0.2, 0.25) is 11.8 Å². The summed E-state index contributed by atoms with van der Waals surface area (Å²) in [7, 11) is 0. The second-order valence-electron chi connectivity index (χ2n) is 7.74. The third-order valence-corrected chi connectivity index (χ3v) is 5.75. The van der Waals surface area contributed by atoms with Gasteiger partial charge < -0.3 is 19.9 Å². The first-order chi connectivity index (χ1) is 13.7. The highest BCUT2D eigenvalue weighted by Gasteiger charge is 2.33. The number of carbonyl (C=O) groups is 2. The van der Waals surface area contributed by atoms with Gasteiger partial charge in [-0.15, -0.1) is 0 Å². The van der Waals surface area contributed by atoms with E-state index in [0.717, 1.165) is 51.1 Å². The van der Waals surface area contributed by atoms with E-state index in [1.807, 2.05) is 35.2 Å². The van der Waals surface area contributed by atoms with Crippen LogP contribution in [0.4, 0.5) is 0 Å². The van der Waals surface area contributed by atoms with Crippen LogP contribution in [0.5, 0.6) is 5.75 Å². The largest absolute Gasteiger partial charge is 0.493 e. The molecular formula is C22H33N3O3. The zero-order chi connectivity index (χ0) is 19.8. The van der Waals surface area contributed by atoms with Crippen LogP contribution in [-0.2, 0) is 9.59 Å². The molecule has 0 aromatic heterocycles. The van der Waals surface area contributed by atoms with Crippen LogP contribution < -0.4 is 10.1 Å². The van der Waals surface area contributed by atoms with E-state index in [1.54, 1.807) is 0 Å². The fourth-order valence-electron chi connectivity index (χ4n) is 4.16. The van der Waals surface area contributed by atoms with Crippen molar-refractivity contribution in [3.8, 4) is 5.75 Å². The normalized spacial score (nSPS) is 20.2. The second kappa shape index (κ2) is 10.5. The van der Waals surface area contributed by atoms with Gasteiger partial charge in [0.1, 0.15) is 5.75 Å². The number of nitrogens with one attached hydrogen (secondary N) is 1. The number of benzene rings is 1. The molecule has 0 bridgehead atoms. The Hall–Kier alpha value is -2.08. The molecule has 1 N–H and O–H groups in total. The van der Waals surface area contributed by atoms with Gasteiger partial charge in [-0.25, -0.2) is 0 Å². The first-order valence-corrected chi connectivity index (χ1v) is 10.7. The van der Waals surface area contributed by atoms with Gasteiger partial charge >= 0.3 is 0 Å². The minimum atomic E-state index is 0.0526. The van der Waals surface area contributed by atoms with E-state index in [-0.39, 0.29) is 17.7 Å². The summed E-state index contributed by atoms with van der Waals surface area (Å²) in [6.07, 6.45) is 3.95. The molecule has 3 rings (SSSR count). The molecule has 1 aromatic carbocycles. The van der Waals surface area contributed by atoms with E-state index >= 15 is 0 Å². The Morgan fingerprint density at radius 1 is 1.18 bits per heavy atom. The predicted octanol–water partition coefficient (Wildman–Crippen LogP) is 2.29. The Balaban J connectivity index is 1.42. The van der Waals surface area contributed by atoms with Gasteiger partial charge in [-0.2, -0.15) is 0 Å². The summed E-state index contributed by atoms with van der Waals surface area (Å²) >= 11 is 0. The quantitative estimate of drug-likeness (QED) is 0.744. The van der Waals surface area contributed by atoms with Crippen molar-refractivity contribution in [2.45, 2.75) is 45.1 Å². The van der Waals surface area contributed by atoms with Gasteiger partial charge in [-0.05, 0) is 44.4 Å². The third-order valence-electron chi connectivity index (χ3n) is 5.75. The van der Waals surface area contributed by atoms with Gasteiger partial charge in [0, 0.05) is 38.1 Å². The molecule has 0 radical (unpaired) electrons. The molecule has 0 aliphatic carbocycles. The maximum absolute atomic E-state index is 13.1. The molecule has 2 fully saturated rings. The number of piperidine rings is 1. The van der Waals surface area contributed by atoms with Crippen molar-refractivity contribution in [2.75, 3.05) is 39.3 Å². The average Bonchev–Trinajstić information content (AvgIpc) is 3.27. The molecule has 1 unspecified atom stereocenters. The molecule has 0 saturated carbocycles. The zero-order valence-electron chi connectivity index (χ0n) is 16.9. The number of ether oxygens (including phenoxy) is 1. The molecule has 2 aliphatic rings. The Kier molecular flexibility index (Phi) is 7.71. The van der Waals surface area contributed by atoms with E-state index in [9.17, 15) is 9.59 Å². The van der Waals surface area contributed by atoms with Crippen molar-refractivity contribution in [2.24, 2.45) is 5.92 Å². The van der Waals surface area contributed by atoms with Crippen molar-refractivity contribution in [3.05, 3.63) is 30.3 Å². The summed E-state index contributed by atoms with van der Waals surface area (Å²) in [5.41, 5.74) is 0. The van der Waals surface area contributed by atoms with Gasteiger partial charge in [-0.3, -0.25) is 9.59 Å². The van der Waals surface area contributed by atoms with E-state index in [2.05, 4.69) is 17.1 Å². The van der Waals surface area contributed by atoms with Crippen molar-refractivity contribution in [1.82, 2.24) is 15.1 Å². The van der Waals surface area contributed by atoms with Gasteiger partial charge in [0.25, 0.3) is 0 Å². The number of amides is 2. The molecule has 2 aliphatic heterocycles. The first kappa shape index (κ1) is 20.6. The van der Waals surface area contributed by atoms with Crippen LogP contribution in [0.25, 0.3) is 0 Å². The number of carbonyl (C=O) groups excluding carboxylic acids is 2. The monoisotopic (exact) mass is 387 g/mol. The standard InChI is InChI=1S/C22H33N3O3/c1-2-13-25(19-8-12-23-17-19)22(27)18-9-14-24(15-10-18)21(26)11-16-28-20-6-4-3-5-7-20/h3-7,18-19,23H,2,8-17H2,1H3. The highest BCUT2D eigenvalue weighted by atomic mass is 16.5. The molecule has 6 nitrogen and oxygen atoms in total. The summed E-state index contributed by atoms with van der Waals surface area (Å²) in [4.78, 5) is 29.5. The molecule has 28 heavy (non-hydrogen) atoms. The van der Waals surface area contributed by atoms with Crippen LogP contribution in [0.3, 0.4) is 0 Å². The summed E-state index contributed by atoms with van der Waals surface area (Å²) in [5, 5.41) is 3.36. The smallest absolute Gasteiger partial charge is 0.226 e. The molecule has 6 heteroatoms. The van der Waals surface area contributed by atoms with E-state index in [0.29, 0.717) is 32.2 Å².